The zero-order chi connectivity index (χ0) is 12.4. The van der Waals surface area contributed by atoms with Gasteiger partial charge in [-0.25, -0.2) is 4.79 Å². The van der Waals surface area contributed by atoms with Crippen molar-refractivity contribution in [3.05, 3.63) is 0 Å². The van der Waals surface area contributed by atoms with E-state index in [-0.39, 0.29) is 24.0 Å². The molecule has 2 rings (SSSR count). The normalized spacial score (nSPS) is 22.2. The third-order valence-electron chi connectivity index (χ3n) is 3.50. The molecule has 5 heteroatoms. The molecule has 0 unspecified atom stereocenters. The maximum Gasteiger partial charge on any atom is 0.410 e. The van der Waals surface area contributed by atoms with Crippen molar-refractivity contribution in [1.29, 1.82) is 0 Å². The number of nitrogens with zero attached hydrogens (tertiary/aromatic N) is 2. The fraction of sp³-hybridized carbons (Fsp3) is 0.833. The lowest BCUT2D eigenvalue weighted by atomic mass is 10.0. The highest BCUT2D eigenvalue weighted by atomic mass is 16.6. The molecule has 0 radical (unpaired) electrons. The average molecular weight is 240 g/mol. The molecule has 2 fully saturated rings. The van der Waals surface area contributed by atoms with E-state index in [0.717, 1.165) is 25.9 Å². The number of carbonyl (C=O) groups excluding carboxylic acids is 2. The van der Waals surface area contributed by atoms with Gasteiger partial charge in [-0.3, -0.25) is 4.79 Å². The van der Waals surface area contributed by atoms with Gasteiger partial charge in [-0.05, 0) is 12.8 Å². The lowest BCUT2D eigenvalue weighted by Crippen LogP contribution is -2.48. The van der Waals surface area contributed by atoms with E-state index in [2.05, 4.69) is 0 Å². The van der Waals surface area contributed by atoms with Crippen LogP contribution in [0.1, 0.15) is 26.7 Å². The summed E-state index contributed by atoms with van der Waals surface area (Å²) >= 11 is 0. The molecule has 0 aromatic carbocycles. The minimum atomic E-state index is -0.196. The molecular weight excluding hydrogens is 220 g/mol. The minimum absolute atomic E-state index is 0.0586. The van der Waals surface area contributed by atoms with Crippen LogP contribution in [-0.4, -0.2) is 54.1 Å². The highest BCUT2D eigenvalue weighted by Gasteiger charge is 2.33. The Morgan fingerprint density at radius 1 is 1.29 bits per heavy atom. The van der Waals surface area contributed by atoms with Crippen molar-refractivity contribution >= 4 is 12.0 Å². The van der Waals surface area contributed by atoms with E-state index < -0.39 is 0 Å². The zero-order valence-corrected chi connectivity index (χ0v) is 10.5. The first-order valence-corrected chi connectivity index (χ1v) is 6.32. The number of carbonyl (C=O) groups is 2. The maximum atomic E-state index is 11.8. The van der Waals surface area contributed by atoms with Gasteiger partial charge in [-0.1, -0.05) is 13.8 Å². The van der Waals surface area contributed by atoms with Crippen molar-refractivity contribution in [3.63, 3.8) is 0 Å². The first-order valence-electron chi connectivity index (χ1n) is 6.32. The molecule has 0 spiro atoms. The van der Waals surface area contributed by atoms with Crippen LogP contribution in [0.4, 0.5) is 4.79 Å². The molecule has 2 aliphatic heterocycles. The summed E-state index contributed by atoms with van der Waals surface area (Å²) in [5.41, 5.74) is 0. The van der Waals surface area contributed by atoms with Crippen molar-refractivity contribution in [2.24, 2.45) is 5.92 Å². The molecule has 2 saturated heterocycles. The summed E-state index contributed by atoms with van der Waals surface area (Å²) in [6.07, 6.45) is 1.54. The van der Waals surface area contributed by atoms with Gasteiger partial charge in [-0.15, -0.1) is 0 Å². The number of hydrogen-bond donors (Lipinski definition) is 0. The number of amides is 2. The van der Waals surface area contributed by atoms with Crippen molar-refractivity contribution < 1.29 is 14.3 Å². The number of piperidine rings is 1. The molecule has 0 bridgehead atoms. The van der Waals surface area contributed by atoms with Crippen LogP contribution in [0, 0.1) is 5.92 Å². The van der Waals surface area contributed by atoms with Gasteiger partial charge in [0.25, 0.3) is 0 Å². The van der Waals surface area contributed by atoms with Crippen molar-refractivity contribution in [3.8, 4) is 0 Å². The van der Waals surface area contributed by atoms with E-state index in [4.69, 9.17) is 4.74 Å². The second-order valence-electron chi connectivity index (χ2n) is 5.02. The number of rotatable bonds is 2. The molecular formula is C12H20N2O3. The van der Waals surface area contributed by atoms with Crippen LogP contribution in [0.15, 0.2) is 0 Å². The number of hydrogen-bond acceptors (Lipinski definition) is 3. The van der Waals surface area contributed by atoms with Crippen LogP contribution in [0.5, 0.6) is 0 Å². The van der Waals surface area contributed by atoms with Crippen molar-refractivity contribution in [1.82, 2.24) is 9.80 Å². The molecule has 96 valence electrons. The Hall–Kier alpha value is -1.26. The summed E-state index contributed by atoms with van der Waals surface area (Å²) in [6.45, 7) is 6.56. The molecule has 2 aliphatic rings. The van der Waals surface area contributed by atoms with Gasteiger partial charge >= 0.3 is 6.09 Å². The SMILES string of the molecule is CC(C)C(=O)N1CCC(N2CCOC2=O)CC1. The van der Waals surface area contributed by atoms with E-state index in [0.29, 0.717) is 13.2 Å². The monoisotopic (exact) mass is 240 g/mol. The Kier molecular flexibility index (Phi) is 3.54. The zero-order valence-electron chi connectivity index (χ0n) is 10.5. The minimum Gasteiger partial charge on any atom is -0.448 e. The smallest absolute Gasteiger partial charge is 0.410 e. The molecule has 2 heterocycles. The molecule has 2 amide bonds. The Morgan fingerprint density at radius 3 is 2.41 bits per heavy atom. The fourth-order valence-corrected chi connectivity index (χ4v) is 2.50. The van der Waals surface area contributed by atoms with Gasteiger partial charge < -0.3 is 14.5 Å². The fourth-order valence-electron chi connectivity index (χ4n) is 2.50. The molecule has 0 aliphatic carbocycles. The van der Waals surface area contributed by atoms with Crippen molar-refractivity contribution in [2.75, 3.05) is 26.2 Å². The quantitative estimate of drug-likeness (QED) is 0.726. The van der Waals surface area contributed by atoms with Gasteiger partial charge in [0.1, 0.15) is 6.61 Å². The van der Waals surface area contributed by atoms with Crippen molar-refractivity contribution in [2.45, 2.75) is 32.7 Å². The number of ether oxygens (including phenoxy) is 1. The molecule has 17 heavy (non-hydrogen) atoms. The lowest BCUT2D eigenvalue weighted by Gasteiger charge is -2.36. The third-order valence-corrected chi connectivity index (χ3v) is 3.50. The average Bonchev–Trinajstić information content (AvgIpc) is 2.74. The third kappa shape index (κ3) is 2.53. The highest BCUT2D eigenvalue weighted by molar-refractivity contribution is 5.78. The van der Waals surface area contributed by atoms with E-state index in [1.54, 1.807) is 4.90 Å². The first kappa shape index (κ1) is 12.2. The summed E-state index contributed by atoms with van der Waals surface area (Å²) in [5, 5.41) is 0. The van der Waals surface area contributed by atoms with Gasteiger partial charge in [0.05, 0.1) is 6.54 Å². The summed E-state index contributed by atoms with van der Waals surface area (Å²) in [5.74, 6) is 0.274. The first-order chi connectivity index (χ1) is 8.09. The van der Waals surface area contributed by atoms with Crippen LogP contribution in [0.3, 0.4) is 0 Å². The Balaban J connectivity index is 1.85. The predicted octanol–water partition coefficient (Wildman–Crippen LogP) is 1.09. The summed E-state index contributed by atoms with van der Waals surface area (Å²) in [7, 11) is 0. The molecule has 0 saturated carbocycles. The molecule has 0 atom stereocenters. The Labute approximate surface area is 102 Å². The second-order valence-corrected chi connectivity index (χ2v) is 5.02. The maximum absolute atomic E-state index is 11.8. The van der Waals surface area contributed by atoms with Gasteiger partial charge in [0.15, 0.2) is 0 Å². The van der Waals surface area contributed by atoms with E-state index >= 15 is 0 Å². The Morgan fingerprint density at radius 2 is 1.94 bits per heavy atom. The largest absolute Gasteiger partial charge is 0.448 e. The number of cyclic esters (lactones) is 1. The number of likely N-dealkylation sites (tertiary alicyclic amines) is 1. The molecule has 0 aromatic heterocycles. The van der Waals surface area contributed by atoms with Gasteiger partial charge in [0, 0.05) is 25.0 Å². The van der Waals surface area contributed by atoms with Crippen LogP contribution >= 0.6 is 0 Å². The summed E-state index contributed by atoms with van der Waals surface area (Å²) in [4.78, 5) is 26.9. The van der Waals surface area contributed by atoms with E-state index in [9.17, 15) is 9.59 Å². The van der Waals surface area contributed by atoms with Crippen LogP contribution in [-0.2, 0) is 9.53 Å². The van der Waals surface area contributed by atoms with E-state index in [1.807, 2.05) is 18.7 Å². The van der Waals surface area contributed by atoms with Crippen LogP contribution in [0.2, 0.25) is 0 Å². The predicted molar refractivity (Wildman–Crippen MR) is 62.5 cm³/mol. The molecule has 0 aromatic rings. The Bertz CT molecular complexity index is 309. The van der Waals surface area contributed by atoms with E-state index in [1.165, 1.54) is 0 Å². The summed E-state index contributed by atoms with van der Waals surface area (Å²) in [6, 6.07) is 0.251. The summed E-state index contributed by atoms with van der Waals surface area (Å²) < 4.78 is 4.94. The molecule has 0 N–H and O–H groups in total. The van der Waals surface area contributed by atoms with Crippen LogP contribution in [0.25, 0.3) is 0 Å². The molecule has 5 nitrogen and oxygen atoms in total. The standard InChI is InChI=1S/C12H20N2O3/c1-9(2)11(15)13-5-3-10(4-6-13)14-7-8-17-12(14)16/h9-10H,3-8H2,1-2H3. The lowest BCUT2D eigenvalue weighted by molar-refractivity contribution is -0.135. The van der Waals surface area contributed by atoms with Gasteiger partial charge in [-0.2, -0.15) is 0 Å². The van der Waals surface area contributed by atoms with Crippen LogP contribution < -0.4 is 0 Å². The highest BCUT2D eigenvalue weighted by Crippen LogP contribution is 2.20. The topological polar surface area (TPSA) is 49.9 Å². The van der Waals surface area contributed by atoms with Gasteiger partial charge in [0.2, 0.25) is 5.91 Å². The second kappa shape index (κ2) is 4.94.